The molecule has 1 N–H and O–H groups in total. The molecule has 3 atom stereocenters. The van der Waals surface area contributed by atoms with Crippen LogP contribution >= 0.6 is 0 Å². The van der Waals surface area contributed by atoms with E-state index in [1.165, 1.54) is 31.2 Å². The summed E-state index contributed by atoms with van der Waals surface area (Å²) in [5.41, 5.74) is 1.44. The molecule has 0 bridgehead atoms. The Balaban J connectivity index is 1.62. The largest absolute Gasteiger partial charge is 0.373 e. The molecule has 3 unspecified atom stereocenters. The highest BCUT2D eigenvalue weighted by Crippen LogP contribution is 2.40. The number of aromatic nitrogens is 1. The Morgan fingerprint density at radius 1 is 1.39 bits per heavy atom. The highest BCUT2D eigenvalue weighted by atomic mass is 16.5. The van der Waals surface area contributed by atoms with Crippen LogP contribution in [0.5, 0.6) is 0 Å². The van der Waals surface area contributed by atoms with Gasteiger partial charge in [-0.05, 0) is 57.2 Å². The minimum absolute atomic E-state index is 0.411. The van der Waals surface area contributed by atoms with Gasteiger partial charge in [0.25, 0.3) is 0 Å². The lowest BCUT2D eigenvalue weighted by molar-refractivity contribution is 0.0458. The molecule has 1 aromatic rings. The van der Waals surface area contributed by atoms with Crippen LogP contribution in [0.1, 0.15) is 44.2 Å². The van der Waals surface area contributed by atoms with E-state index >= 15 is 0 Å². The molecule has 2 fully saturated rings. The fourth-order valence-electron chi connectivity index (χ4n) is 3.12. The van der Waals surface area contributed by atoms with Gasteiger partial charge in [-0.3, -0.25) is 0 Å². The van der Waals surface area contributed by atoms with Crippen LogP contribution < -0.4 is 5.32 Å². The smallest absolute Gasteiger partial charge is 0.0758 e. The van der Waals surface area contributed by atoms with Crippen LogP contribution in [-0.4, -0.2) is 23.8 Å². The van der Waals surface area contributed by atoms with Crippen molar-refractivity contribution in [3.05, 3.63) is 24.0 Å². The molecule has 2 aliphatic rings. The van der Waals surface area contributed by atoms with Gasteiger partial charge in [0.15, 0.2) is 0 Å². The summed E-state index contributed by atoms with van der Waals surface area (Å²) in [6.45, 7) is 3.18. The topological polar surface area (TPSA) is 26.2 Å². The molecule has 3 heteroatoms. The SMILES string of the molecule is CNC(c1ccn(CC2CCC(C)O2)c1)C1CC1. The molecule has 2 heterocycles. The zero-order valence-corrected chi connectivity index (χ0v) is 11.4. The fourth-order valence-corrected chi connectivity index (χ4v) is 3.12. The molecule has 0 spiro atoms. The number of nitrogens with one attached hydrogen (secondary N) is 1. The number of ether oxygens (including phenoxy) is 1. The van der Waals surface area contributed by atoms with E-state index in [-0.39, 0.29) is 0 Å². The minimum atomic E-state index is 0.411. The minimum Gasteiger partial charge on any atom is -0.373 e. The van der Waals surface area contributed by atoms with Crippen molar-refractivity contribution >= 4 is 0 Å². The fraction of sp³-hybridized carbons (Fsp3) is 0.733. The number of rotatable bonds is 5. The quantitative estimate of drug-likeness (QED) is 0.867. The van der Waals surface area contributed by atoms with Crippen molar-refractivity contribution in [3.8, 4) is 0 Å². The maximum Gasteiger partial charge on any atom is 0.0758 e. The van der Waals surface area contributed by atoms with E-state index in [2.05, 4.69) is 42.3 Å². The molecule has 0 aromatic carbocycles. The van der Waals surface area contributed by atoms with Gasteiger partial charge in [0, 0.05) is 25.0 Å². The zero-order chi connectivity index (χ0) is 12.5. The lowest BCUT2D eigenvalue weighted by Gasteiger charge is -2.14. The second kappa shape index (κ2) is 5.06. The summed E-state index contributed by atoms with van der Waals surface area (Å²) < 4.78 is 8.18. The van der Waals surface area contributed by atoms with Crippen LogP contribution in [0, 0.1) is 5.92 Å². The third-order valence-corrected chi connectivity index (χ3v) is 4.27. The number of hydrogen-bond acceptors (Lipinski definition) is 2. The van der Waals surface area contributed by atoms with Crippen molar-refractivity contribution in [2.24, 2.45) is 5.92 Å². The van der Waals surface area contributed by atoms with E-state index in [0.29, 0.717) is 18.2 Å². The Hall–Kier alpha value is -0.800. The van der Waals surface area contributed by atoms with Gasteiger partial charge in [0.1, 0.15) is 0 Å². The molecular weight excluding hydrogens is 224 g/mol. The summed E-state index contributed by atoms with van der Waals surface area (Å²) in [4.78, 5) is 0. The third kappa shape index (κ3) is 2.62. The molecule has 1 aromatic heterocycles. The van der Waals surface area contributed by atoms with Crippen LogP contribution in [0.3, 0.4) is 0 Å². The average Bonchev–Trinajstić information content (AvgIpc) is 2.94. The van der Waals surface area contributed by atoms with Crippen LogP contribution in [0.25, 0.3) is 0 Å². The maximum atomic E-state index is 5.88. The van der Waals surface area contributed by atoms with Crippen LogP contribution in [-0.2, 0) is 11.3 Å². The normalized spacial score (nSPS) is 29.7. The molecule has 0 amide bonds. The van der Waals surface area contributed by atoms with Gasteiger partial charge >= 0.3 is 0 Å². The average molecular weight is 248 g/mol. The molecule has 1 aliphatic heterocycles. The summed E-state index contributed by atoms with van der Waals surface area (Å²) >= 11 is 0. The van der Waals surface area contributed by atoms with Gasteiger partial charge in [-0.25, -0.2) is 0 Å². The summed E-state index contributed by atoms with van der Waals surface area (Å²) in [6.07, 6.45) is 10.5. The second-order valence-corrected chi connectivity index (χ2v) is 5.89. The van der Waals surface area contributed by atoms with E-state index in [0.717, 1.165) is 12.5 Å². The molecule has 1 saturated heterocycles. The molecule has 0 radical (unpaired) electrons. The van der Waals surface area contributed by atoms with Crippen molar-refractivity contribution in [3.63, 3.8) is 0 Å². The van der Waals surface area contributed by atoms with Crippen molar-refractivity contribution in [2.75, 3.05) is 7.05 Å². The first-order valence-corrected chi connectivity index (χ1v) is 7.24. The monoisotopic (exact) mass is 248 g/mol. The van der Waals surface area contributed by atoms with Crippen molar-refractivity contribution in [1.29, 1.82) is 0 Å². The zero-order valence-electron chi connectivity index (χ0n) is 11.4. The van der Waals surface area contributed by atoms with Gasteiger partial charge in [-0.15, -0.1) is 0 Å². The van der Waals surface area contributed by atoms with E-state index < -0.39 is 0 Å². The number of nitrogens with zero attached hydrogens (tertiary/aromatic N) is 1. The molecule has 3 rings (SSSR count). The first kappa shape index (κ1) is 12.2. The lowest BCUT2D eigenvalue weighted by atomic mass is 10.1. The molecule has 100 valence electrons. The molecule has 1 aliphatic carbocycles. The first-order chi connectivity index (χ1) is 8.76. The maximum absolute atomic E-state index is 5.88. The molecule has 18 heavy (non-hydrogen) atoms. The van der Waals surface area contributed by atoms with Crippen molar-refractivity contribution < 1.29 is 4.74 Å². The Labute approximate surface area is 110 Å². The predicted octanol–water partition coefficient (Wildman–Crippen LogP) is 2.73. The highest BCUT2D eigenvalue weighted by Gasteiger charge is 2.31. The van der Waals surface area contributed by atoms with Gasteiger partial charge in [0.05, 0.1) is 12.2 Å². The van der Waals surface area contributed by atoms with E-state index in [1.54, 1.807) is 0 Å². The van der Waals surface area contributed by atoms with E-state index in [9.17, 15) is 0 Å². The van der Waals surface area contributed by atoms with Crippen molar-refractivity contribution in [2.45, 2.75) is 57.4 Å². The van der Waals surface area contributed by atoms with Gasteiger partial charge < -0.3 is 14.6 Å². The summed E-state index contributed by atoms with van der Waals surface area (Å²) in [6, 6.07) is 2.81. The highest BCUT2D eigenvalue weighted by molar-refractivity contribution is 5.18. The number of hydrogen-bond donors (Lipinski definition) is 1. The summed E-state index contributed by atoms with van der Waals surface area (Å²) in [7, 11) is 2.07. The lowest BCUT2D eigenvalue weighted by Crippen LogP contribution is -2.18. The summed E-state index contributed by atoms with van der Waals surface area (Å²) in [5, 5.41) is 3.45. The molecular formula is C15H24N2O. The predicted molar refractivity (Wildman–Crippen MR) is 72.5 cm³/mol. The first-order valence-electron chi connectivity index (χ1n) is 7.24. The van der Waals surface area contributed by atoms with E-state index in [1.807, 2.05) is 0 Å². The van der Waals surface area contributed by atoms with Gasteiger partial charge in [0.2, 0.25) is 0 Å². The molecule has 3 nitrogen and oxygen atoms in total. The second-order valence-electron chi connectivity index (χ2n) is 5.89. The third-order valence-electron chi connectivity index (χ3n) is 4.27. The Morgan fingerprint density at radius 2 is 2.22 bits per heavy atom. The van der Waals surface area contributed by atoms with E-state index in [4.69, 9.17) is 4.74 Å². The molecule has 1 saturated carbocycles. The standard InChI is InChI=1S/C15H24N2O/c1-11-3-6-14(18-11)10-17-8-7-13(9-17)15(16-2)12-4-5-12/h7-9,11-12,14-16H,3-6,10H2,1-2H3. The summed E-state index contributed by atoms with van der Waals surface area (Å²) in [5.74, 6) is 0.855. The van der Waals surface area contributed by atoms with Gasteiger partial charge in [-0.2, -0.15) is 0 Å². The Bertz CT molecular complexity index is 397. The van der Waals surface area contributed by atoms with Crippen molar-refractivity contribution in [1.82, 2.24) is 9.88 Å². The van der Waals surface area contributed by atoms with Crippen LogP contribution in [0.2, 0.25) is 0 Å². The van der Waals surface area contributed by atoms with Gasteiger partial charge in [-0.1, -0.05) is 0 Å². The van der Waals surface area contributed by atoms with Crippen LogP contribution in [0.4, 0.5) is 0 Å². The Kier molecular flexibility index (Phi) is 3.44. The Morgan fingerprint density at radius 3 is 2.83 bits per heavy atom. The van der Waals surface area contributed by atoms with Crippen LogP contribution in [0.15, 0.2) is 18.5 Å².